The quantitative estimate of drug-likeness (QED) is 0.699. The Balaban J connectivity index is 2.02. The molecule has 88 valence electrons. The predicted molar refractivity (Wildman–Crippen MR) is 66.3 cm³/mol. The van der Waals surface area contributed by atoms with Gasteiger partial charge in [0.1, 0.15) is 0 Å². The molecule has 0 saturated carbocycles. The Kier molecular flexibility index (Phi) is 6.85. The zero-order chi connectivity index (χ0) is 10.9. The standard InChI is InChI=1S/C11H22N2OS/c1-15-10-7-12-6-5-11(14)13-8-3-2-4-9-13/h12H,2-10H2,1H3. The molecule has 0 spiro atoms. The molecule has 1 aliphatic rings. The SMILES string of the molecule is CSCCNCCC(=O)N1CCCCC1. The molecule has 0 aromatic heterocycles. The van der Waals surface area contributed by atoms with Gasteiger partial charge in [0.15, 0.2) is 0 Å². The largest absolute Gasteiger partial charge is 0.343 e. The zero-order valence-electron chi connectivity index (χ0n) is 9.63. The van der Waals surface area contributed by atoms with E-state index in [-0.39, 0.29) is 0 Å². The van der Waals surface area contributed by atoms with Crippen LogP contribution in [0.15, 0.2) is 0 Å². The summed E-state index contributed by atoms with van der Waals surface area (Å²) in [5, 5.41) is 3.29. The van der Waals surface area contributed by atoms with E-state index < -0.39 is 0 Å². The van der Waals surface area contributed by atoms with E-state index in [4.69, 9.17) is 0 Å². The molecule has 0 radical (unpaired) electrons. The van der Waals surface area contributed by atoms with Crippen LogP contribution in [0.4, 0.5) is 0 Å². The number of thioether (sulfide) groups is 1. The Morgan fingerprint density at radius 3 is 2.67 bits per heavy atom. The molecule has 0 bridgehead atoms. The number of carbonyl (C=O) groups is 1. The zero-order valence-corrected chi connectivity index (χ0v) is 10.4. The lowest BCUT2D eigenvalue weighted by Crippen LogP contribution is -2.37. The van der Waals surface area contributed by atoms with Gasteiger partial charge in [-0.1, -0.05) is 0 Å². The van der Waals surface area contributed by atoms with Crippen LogP contribution in [0, 0.1) is 0 Å². The first kappa shape index (κ1) is 12.8. The van der Waals surface area contributed by atoms with Crippen LogP contribution in [0.3, 0.4) is 0 Å². The minimum Gasteiger partial charge on any atom is -0.343 e. The van der Waals surface area contributed by atoms with Gasteiger partial charge < -0.3 is 10.2 Å². The second-order valence-electron chi connectivity index (χ2n) is 3.93. The number of rotatable bonds is 6. The van der Waals surface area contributed by atoms with Gasteiger partial charge in [0.25, 0.3) is 0 Å². The van der Waals surface area contributed by atoms with Crippen molar-refractivity contribution >= 4 is 17.7 Å². The third-order valence-corrected chi connectivity index (χ3v) is 3.32. The molecule has 1 amide bonds. The maximum atomic E-state index is 11.7. The van der Waals surface area contributed by atoms with Crippen molar-refractivity contribution in [3.63, 3.8) is 0 Å². The lowest BCUT2D eigenvalue weighted by atomic mass is 10.1. The number of hydrogen-bond acceptors (Lipinski definition) is 3. The smallest absolute Gasteiger partial charge is 0.223 e. The minimum atomic E-state index is 0.325. The molecule has 0 unspecified atom stereocenters. The fourth-order valence-corrected chi connectivity index (χ4v) is 2.14. The lowest BCUT2D eigenvalue weighted by molar-refractivity contribution is -0.131. The molecule has 1 saturated heterocycles. The molecule has 1 N–H and O–H groups in total. The van der Waals surface area contributed by atoms with Gasteiger partial charge in [0, 0.05) is 38.4 Å². The van der Waals surface area contributed by atoms with Crippen LogP contribution >= 0.6 is 11.8 Å². The van der Waals surface area contributed by atoms with Crippen molar-refractivity contribution in [2.24, 2.45) is 0 Å². The highest BCUT2D eigenvalue weighted by molar-refractivity contribution is 7.98. The van der Waals surface area contributed by atoms with E-state index in [1.54, 1.807) is 0 Å². The number of carbonyl (C=O) groups excluding carboxylic acids is 1. The number of likely N-dealkylation sites (tertiary alicyclic amines) is 1. The van der Waals surface area contributed by atoms with Crippen molar-refractivity contribution in [1.29, 1.82) is 0 Å². The van der Waals surface area contributed by atoms with Crippen LogP contribution in [-0.4, -0.2) is 49.0 Å². The van der Waals surface area contributed by atoms with E-state index in [9.17, 15) is 4.79 Å². The molecule has 1 rings (SSSR count). The highest BCUT2D eigenvalue weighted by Crippen LogP contribution is 2.09. The molecule has 0 aromatic rings. The van der Waals surface area contributed by atoms with Crippen LogP contribution in [0.1, 0.15) is 25.7 Å². The Bertz CT molecular complexity index is 181. The topological polar surface area (TPSA) is 32.3 Å². The van der Waals surface area contributed by atoms with Crippen LogP contribution in [-0.2, 0) is 4.79 Å². The number of nitrogens with one attached hydrogen (secondary N) is 1. The minimum absolute atomic E-state index is 0.325. The van der Waals surface area contributed by atoms with Crippen molar-refractivity contribution in [3.8, 4) is 0 Å². The van der Waals surface area contributed by atoms with E-state index in [1.165, 1.54) is 19.3 Å². The highest BCUT2D eigenvalue weighted by Gasteiger charge is 2.15. The molecule has 3 nitrogen and oxygen atoms in total. The van der Waals surface area contributed by atoms with Crippen molar-refractivity contribution < 1.29 is 4.79 Å². The monoisotopic (exact) mass is 230 g/mol. The summed E-state index contributed by atoms with van der Waals surface area (Å²) in [5.74, 6) is 1.45. The second-order valence-corrected chi connectivity index (χ2v) is 4.92. The van der Waals surface area contributed by atoms with Crippen LogP contribution < -0.4 is 5.32 Å². The Hall–Kier alpha value is -0.220. The van der Waals surface area contributed by atoms with Crippen molar-refractivity contribution in [1.82, 2.24) is 10.2 Å². The Labute approximate surface area is 97.0 Å². The van der Waals surface area contributed by atoms with E-state index >= 15 is 0 Å². The molecule has 15 heavy (non-hydrogen) atoms. The third-order valence-electron chi connectivity index (χ3n) is 2.71. The van der Waals surface area contributed by atoms with E-state index in [2.05, 4.69) is 11.6 Å². The molecular weight excluding hydrogens is 208 g/mol. The number of nitrogens with zero attached hydrogens (tertiary/aromatic N) is 1. The lowest BCUT2D eigenvalue weighted by Gasteiger charge is -2.26. The van der Waals surface area contributed by atoms with Crippen LogP contribution in [0.25, 0.3) is 0 Å². The fraction of sp³-hybridized carbons (Fsp3) is 0.909. The first-order valence-electron chi connectivity index (χ1n) is 5.82. The second kappa shape index (κ2) is 7.99. The maximum Gasteiger partial charge on any atom is 0.223 e. The number of hydrogen-bond donors (Lipinski definition) is 1. The summed E-state index contributed by atoms with van der Waals surface area (Å²) in [4.78, 5) is 13.7. The first-order valence-corrected chi connectivity index (χ1v) is 7.21. The Morgan fingerprint density at radius 2 is 2.00 bits per heavy atom. The van der Waals surface area contributed by atoms with E-state index in [0.29, 0.717) is 12.3 Å². The average Bonchev–Trinajstić information content (AvgIpc) is 2.30. The number of piperidine rings is 1. The van der Waals surface area contributed by atoms with Gasteiger partial charge in [-0.2, -0.15) is 11.8 Å². The fourth-order valence-electron chi connectivity index (χ4n) is 1.80. The Morgan fingerprint density at radius 1 is 1.27 bits per heavy atom. The van der Waals surface area contributed by atoms with Gasteiger partial charge >= 0.3 is 0 Å². The maximum absolute atomic E-state index is 11.7. The van der Waals surface area contributed by atoms with Crippen molar-refractivity contribution in [3.05, 3.63) is 0 Å². The van der Waals surface area contributed by atoms with Gasteiger partial charge in [-0.25, -0.2) is 0 Å². The molecule has 1 fully saturated rings. The van der Waals surface area contributed by atoms with Crippen molar-refractivity contribution in [2.45, 2.75) is 25.7 Å². The molecule has 0 aliphatic carbocycles. The normalized spacial score (nSPS) is 16.7. The summed E-state index contributed by atoms with van der Waals surface area (Å²) in [6.45, 7) is 3.79. The summed E-state index contributed by atoms with van der Waals surface area (Å²) in [5.41, 5.74) is 0. The summed E-state index contributed by atoms with van der Waals surface area (Å²) in [6.07, 6.45) is 6.42. The molecular formula is C11H22N2OS. The molecule has 0 atom stereocenters. The predicted octanol–water partition coefficient (Wildman–Crippen LogP) is 1.34. The van der Waals surface area contributed by atoms with Crippen molar-refractivity contribution in [2.75, 3.05) is 38.2 Å². The van der Waals surface area contributed by atoms with Gasteiger partial charge in [-0.3, -0.25) is 4.79 Å². The van der Waals surface area contributed by atoms with Gasteiger partial charge in [0.05, 0.1) is 0 Å². The summed E-state index contributed by atoms with van der Waals surface area (Å²) in [7, 11) is 0. The van der Waals surface area contributed by atoms with E-state index in [0.717, 1.165) is 31.9 Å². The first-order chi connectivity index (χ1) is 7.34. The van der Waals surface area contributed by atoms with E-state index in [1.807, 2.05) is 16.7 Å². The average molecular weight is 230 g/mol. The molecule has 1 heterocycles. The van der Waals surface area contributed by atoms with Gasteiger partial charge in [-0.05, 0) is 25.5 Å². The van der Waals surface area contributed by atoms with Gasteiger partial charge in [-0.15, -0.1) is 0 Å². The van der Waals surface area contributed by atoms with Crippen LogP contribution in [0.5, 0.6) is 0 Å². The molecule has 4 heteroatoms. The summed E-state index contributed by atoms with van der Waals surface area (Å²) >= 11 is 1.83. The summed E-state index contributed by atoms with van der Waals surface area (Å²) < 4.78 is 0. The van der Waals surface area contributed by atoms with Crippen LogP contribution in [0.2, 0.25) is 0 Å². The third kappa shape index (κ3) is 5.42. The van der Waals surface area contributed by atoms with Gasteiger partial charge in [0.2, 0.25) is 5.91 Å². The summed E-state index contributed by atoms with van der Waals surface area (Å²) in [6, 6.07) is 0. The molecule has 0 aromatic carbocycles. The molecule has 1 aliphatic heterocycles. The highest BCUT2D eigenvalue weighted by atomic mass is 32.2. The number of amides is 1.